The number of rotatable bonds is 12. The molecule has 1 unspecified atom stereocenters. The summed E-state index contributed by atoms with van der Waals surface area (Å²) in [5.41, 5.74) is 4.77. The quantitative estimate of drug-likeness (QED) is 0.203. The molecule has 1 fully saturated rings. The molecule has 4 nitrogen and oxygen atoms in total. The molecule has 1 N–H and O–H groups in total. The predicted octanol–water partition coefficient (Wildman–Crippen LogP) is 6.56. The third-order valence-corrected chi connectivity index (χ3v) is 8.54. The minimum Gasteiger partial charge on any atom is -0.357 e. The van der Waals surface area contributed by atoms with Gasteiger partial charge in [0, 0.05) is 43.2 Å². The Morgan fingerprint density at radius 1 is 0.725 bits per heavy atom. The number of amides is 1. The number of nitrogens with one attached hydrogen (secondary N) is 1. The number of benzene rings is 4. The lowest BCUT2D eigenvalue weighted by molar-refractivity contribution is -0.109. The van der Waals surface area contributed by atoms with Gasteiger partial charge in [0.05, 0.1) is 6.04 Å². The van der Waals surface area contributed by atoms with Crippen LogP contribution in [-0.4, -0.2) is 55.5 Å². The maximum Gasteiger partial charge on any atom is 0.207 e. The number of hydrogen-bond donors (Lipinski definition) is 1. The Morgan fingerprint density at radius 2 is 1.25 bits per heavy atom. The summed E-state index contributed by atoms with van der Waals surface area (Å²) in [5.74, 6) is 0. The standard InChI is InChI=1S/C35H38ClN3O/c36-33-19-17-32(18-20-33)35(27-37-28-40,31-15-8-3-9-16-31)21-10-22-38-23-25-39(26-24-38)34(29-11-4-1-5-12-29)30-13-6-2-7-14-30/h1-9,11-20,28,34H,10,21-27H2,(H,37,40). The Labute approximate surface area is 243 Å². The summed E-state index contributed by atoms with van der Waals surface area (Å²) in [5, 5.41) is 3.72. The summed E-state index contributed by atoms with van der Waals surface area (Å²) in [6.07, 6.45) is 2.76. The van der Waals surface area contributed by atoms with Crippen molar-refractivity contribution >= 4 is 18.0 Å². The third kappa shape index (κ3) is 6.64. The van der Waals surface area contributed by atoms with Crippen LogP contribution in [0.4, 0.5) is 0 Å². The van der Waals surface area contributed by atoms with E-state index in [1.54, 1.807) is 0 Å². The van der Waals surface area contributed by atoms with Gasteiger partial charge in [0.25, 0.3) is 0 Å². The van der Waals surface area contributed by atoms with Crippen molar-refractivity contribution < 1.29 is 4.79 Å². The molecule has 4 aromatic carbocycles. The lowest BCUT2D eigenvalue weighted by atomic mass is 9.71. The molecule has 1 amide bonds. The molecule has 206 valence electrons. The maximum atomic E-state index is 11.4. The molecule has 1 atom stereocenters. The van der Waals surface area contributed by atoms with E-state index >= 15 is 0 Å². The summed E-state index contributed by atoms with van der Waals surface area (Å²) < 4.78 is 0. The van der Waals surface area contributed by atoms with Crippen LogP contribution in [0.1, 0.15) is 41.1 Å². The van der Waals surface area contributed by atoms with Crippen molar-refractivity contribution in [2.24, 2.45) is 0 Å². The molecule has 0 bridgehead atoms. The highest BCUT2D eigenvalue weighted by atomic mass is 35.5. The van der Waals surface area contributed by atoms with E-state index in [0.717, 1.165) is 57.0 Å². The van der Waals surface area contributed by atoms with Crippen LogP contribution in [0.15, 0.2) is 115 Å². The van der Waals surface area contributed by atoms with Crippen molar-refractivity contribution in [2.45, 2.75) is 24.3 Å². The van der Waals surface area contributed by atoms with Gasteiger partial charge < -0.3 is 10.2 Å². The zero-order valence-electron chi connectivity index (χ0n) is 23.0. The van der Waals surface area contributed by atoms with Crippen LogP contribution in [0.5, 0.6) is 0 Å². The van der Waals surface area contributed by atoms with Crippen LogP contribution in [-0.2, 0) is 10.2 Å². The van der Waals surface area contributed by atoms with Crippen LogP contribution in [0, 0.1) is 0 Å². The van der Waals surface area contributed by atoms with Crippen LogP contribution < -0.4 is 5.32 Å². The summed E-state index contributed by atoms with van der Waals surface area (Å²) in [6, 6.07) is 40.7. The first-order valence-electron chi connectivity index (χ1n) is 14.2. The average molecular weight is 552 g/mol. The molecule has 0 aliphatic carbocycles. The molecule has 40 heavy (non-hydrogen) atoms. The van der Waals surface area contributed by atoms with Gasteiger partial charge in [-0.15, -0.1) is 0 Å². The second kappa shape index (κ2) is 13.8. The fourth-order valence-electron chi connectivity index (χ4n) is 6.22. The molecule has 5 heteroatoms. The summed E-state index contributed by atoms with van der Waals surface area (Å²) >= 11 is 6.25. The van der Waals surface area contributed by atoms with Gasteiger partial charge in [0.2, 0.25) is 6.41 Å². The van der Waals surface area contributed by atoms with E-state index in [9.17, 15) is 4.79 Å². The van der Waals surface area contributed by atoms with Gasteiger partial charge in [-0.3, -0.25) is 9.69 Å². The average Bonchev–Trinajstić information content (AvgIpc) is 3.02. The molecule has 0 radical (unpaired) electrons. The largest absolute Gasteiger partial charge is 0.357 e. The first-order chi connectivity index (χ1) is 19.7. The van der Waals surface area contributed by atoms with Crippen molar-refractivity contribution in [3.8, 4) is 0 Å². The van der Waals surface area contributed by atoms with Gasteiger partial charge in [-0.2, -0.15) is 0 Å². The molecule has 1 aliphatic heterocycles. The molecule has 0 spiro atoms. The van der Waals surface area contributed by atoms with E-state index in [1.165, 1.54) is 22.3 Å². The fraction of sp³-hybridized carbons (Fsp3) is 0.286. The Kier molecular flexibility index (Phi) is 9.67. The number of piperazine rings is 1. The van der Waals surface area contributed by atoms with Crippen LogP contribution in [0.2, 0.25) is 5.02 Å². The monoisotopic (exact) mass is 551 g/mol. The summed E-state index contributed by atoms with van der Waals surface area (Å²) in [4.78, 5) is 16.6. The Bertz CT molecular complexity index is 1270. The van der Waals surface area contributed by atoms with Gasteiger partial charge in [0.15, 0.2) is 0 Å². The molecule has 1 heterocycles. The normalized spacial score (nSPS) is 15.9. The summed E-state index contributed by atoms with van der Waals surface area (Å²) in [7, 11) is 0. The highest BCUT2D eigenvalue weighted by Crippen LogP contribution is 2.37. The molecular weight excluding hydrogens is 514 g/mol. The van der Waals surface area contributed by atoms with E-state index in [0.29, 0.717) is 6.54 Å². The van der Waals surface area contributed by atoms with Gasteiger partial charge >= 0.3 is 0 Å². The van der Waals surface area contributed by atoms with Gasteiger partial charge in [-0.05, 0) is 53.8 Å². The van der Waals surface area contributed by atoms with Crippen LogP contribution in [0.25, 0.3) is 0 Å². The molecule has 1 aliphatic rings. The highest BCUT2D eigenvalue weighted by molar-refractivity contribution is 6.30. The molecule has 0 aromatic heterocycles. The maximum absolute atomic E-state index is 11.4. The van der Waals surface area contributed by atoms with Crippen molar-refractivity contribution in [1.29, 1.82) is 0 Å². The van der Waals surface area contributed by atoms with E-state index in [-0.39, 0.29) is 11.5 Å². The fourth-order valence-corrected chi connectivity index (χ4v) is 6.35. The van der Waals surface area contributed by atoms with Crippen LogP contribution >= 0.6 is 11.6 Å². The lowest BCUT2D eigenvalue weighted by Crippen LogP contribution is -2.48. The number of carbonyl (C=O) groups is 1. The minimum absolute atomic E-state index is 0.273. The number of halogens is 1. The van der Waals surface area contributed by atoms with E-state index < -0.39 is 0 Å². The zero-order valence-corrected chi connectivity index (χ0v) is 23.7. The number of nitrogens with zero attached hydrogens (tertiary/aromatic N) is 2. The third-order valence-electron chi connectivity index (χ3n) is 8.29. The SMILES string of the molecule is O=CNCC(CCCN1CCN(C(c2ccccc2)c2ccccc2)CC1)(c1ccccc1)c1ccc(Cl)cc1. The lowest BCUT2D eigenvalue weighted by Gasteiger charge is -2.40. The smallest absolute Gasteiger partial charge is 0.207 e. The van der Waals surface area contributed by atoms with Gasteiger partial charge in [-0.1, -0.05) is 115 Å². The van der Waals surface area contributed by atoms with Crippen molar-refractivity contribution in [3.05, 3.63) is 143 Å². The van der Waals surface area contributed by atoms with Crippen molar-refractivity contribution in [2.75, 3.05) is 39.3 Å². The van der Waals surface area contributed by atoms with Crippen LogP contribution in [0.3, 0.4) is 0 Å². The second-order valence-corrected chi connectivity index (χ2v) is 11.1. The number of carbonyl (C=O) groups excluding carboxylic acids is 1. The minimum atomic E-state index is -0.319. The molecular formula is C35H38ClN3O. The van der Waals surface area contributed by atoms with Gasteiger partial charge in [-0.25, -0.2) is 0 Å². The number of hydrogen-bond acceptors (Lipinski definition) is 3. The Hall–Kier alpha value is -3.44. The topological polar surface area (TPSA) is 35.6 Å². The van der Waals surface area contributed by atoms with Crippen molar-refractivity contribution in [1.82, 2.24) is 15.1 Å². The molecule has 1 saturated heterocycles. The first kappa shape index (κ1) is 28.1. The molecule has 4 aromatic rings. The Morgan fingerprint density at radius 3 is 1.80 bits per heavy atom. The van der Waals surface area contributed by atoms with E-state index in [2.05, 4.69) is 112 Å². The molecule has 0 saturated carbocycles. The predicted molar refractivity (Wildman–Crippen MR) is 165 cm³/mol. The van der Waals surface area contributed by atoms with E-state index in [1.807, 2.05) is 18.2 Å². The first-order valence-corrected chi connectivity index (χ1v) is 14.6. The van der Waals surface area contributed by atoms with Gasteiger partial charge in [0.1, 0.15) is 0 Å². The van der Waals surface area contributed by atoms with Crippen molar-refractivity contribution in [3.63, 3.8) is 0 Å². The van der Waals surface area contributed by atoms with E-state index in [4.69, 9.17) is 11.6 Å². The zero-order chi connectivity index (χ0) is 27.6. The second-order valence-electron chi connectivity index (χ2n) is 10.7. The highest BCUT2D eigenvalue weighted by Gasteiger charge is 2.34. The summed E-state index contributed by atoms with van der Waals surface area (Å²) in [6.45, 7) is 5.72. The Balaban J connectivity index is 1.27. The molecule has 5 rings (SSSR count).